The molecule has 0 aliphatic carbocycles. The number of aromatic nitrogens is 1. The Labute approximate surface area is 209 Å². The first-order valence-corrected chi connectivity index (χ1v) is 12.0. The van der Waals surface area contributed by atoms with Gasteiger partial charge in [0.15, 0.2) is 0 Å². The monoisotopic (exact) mass is 475 g/mol. The Balaban J connectivity index is 1.79. The fourth-order valence-corrected chi connectivity index (χ4v) is 4.08. The predicted octanol–water partition coefficient (Wildman–Crippen LogP) is 4.76. The zero-order valence-corrected chi connectivity index (χ0v) is 21.5. The quantitative estimate of drug-likeness (QED) is 0.425. The highest BCUT2D eigenvalue weighted by Gasteiger charge is 2.30. The molecule has 0 atom stereocenters. The molecule has 2 aromatic carbocycles. The van der Waals surface area contributed by atoms with Crippen LogP contribution >= 0.6 is 0 Å². The Hall–Kier alpha value is -3.38. The lowest BCUT2D eigenvalue weighted by Crippen LogP contribution is -2.50. The molecule has 0 aliphatic rings. The second-order valence-corrected chi connectivity index (χ2v) is 9.85. The molecule has 186 valence electrons. The maximum atomic E-state index is 13.6. The average molecular weight is 476 g/mol. The fourth-order valence-electron chi connectivity index (χ4n) is 4.08. The summed E-state index contributed by atoms with van der Waals surface area (Å²) in [5.41, 5.74) is 3.63. The Kier molecular flexibility index (Phi) is 8.88. The maximum absolute atomic E-state index is 13.6. The molecule has 2 amide bonds. The van der Waals surface area contributed by atoms with Crippen molar-refractivity contribution in [1.82, 2.24) is 14.4 Å². The van der Waals surface area contributed by atoms with Crippen LogP contribution in [0.3, 0.4) is 0 Å². The third-order valence-corrected chi connectivity index (χ3v) is 5.99. The largest absolute Gasteiger partial charge is 0.383 e. The van der Waals surface area contributed by atoms with Gasteiger partial charge in [-0.15, -0.1) is 0 Å². The van der Waals surface area contributed by atoms with E-state index in [2.05, 4.69) is 41.8 Å². The summed E-state index contributed by atoms with van der Waals surface area (Å²) in [5, 5.41) is 0. The van der Waals surface area contributed by atoms with Crippen LogP contribution in [-0.4, -0.2) is 58.5 Å². The molecule has 0 aliphatic heterocycles. The zero-order chi connectivity index (χ0) is 25.4. The second-order valence-electron chi connectivity index (χ2n) is 9.85. The van der Waals surface area contributed by atoms with Crippen LogP contribution in [-0.2, 0) is 22.6 Å². The van der Waals surface area contributed by atoms with Crippen LogP contribution in [0.1, 0.15) is 48.0 Å². The highest BCUT2D eigenvalue weighted by atomic mass is 16.5. The van der Waals surface area contributed by atoms with Gasteiger partial charge in [0, 0.05) is 43.2 Å². The number of ether oxygens (including phenoxy) is 1. The number of rotatable bonds is 10. The van der Waals surface area contributed by atoms with Gasteiger partial charge >= 0.3 is 0 Å². The van der Waals surface area contributed by atoms with E-state index < -0.39 is 5.54 Å². The van der Waals surface area contributed by atoms with Crippen molar-refractivity contribution < 1.29 is 14.3 Å². The van der Waals surface area contributed by atoms with E-state index >= 15 is 0 Å². The van der Waals surface area contributed by atoms with Gasteiger partial charge in [0.25, 0.3) is 5.91 Å². The predicted molar refractivity (Wildman–Crippen MR) is 139 cm³/mol. The molecule has 0 saturated heterocycles. The number of benzene rings is 2. The minimum Gasteiger partial charge on any atom is -0.383 e. The molecule has 6 heteroatoms. The normalized spacial score (nSPS) is 11.3. The van der Waals surface area contributed by atoms with Crippen LogP contribution in [0, 0.1) is 6.92 Å². The van der Waals surface area contributed by atoms with Gasteiger partial charge in [0.2, 0.25) is 5.91 Å². The molecule has 0 radical (unpaired) electrons. The van der Waals surface area contributed by atoms with Gasteiger partial charge in [-0.05, 0) is 57.5 Å². The third kappa shape index (κ3) is 7.30. The van der Waals surface area contributed by atoms with Crippen molar-refractivity contribution in [3.8, 4) is 0 Å². The summed E-state index contributed by atoms with van der Waals surface area (Å²) in [6.45, 7) is 10.1. The van der Waals surface area contributed by atoms with Crippen LogP contribution in [0.2, 0.25) is 0 Å². The van der Waals surface area contributed by atoms with Crippen LogP contribution in [0.5, 0.6) is 0 Å². The summed E-state index contributed by atoms with van der Waals surface area (Å²) >= 11 is 0. The standard InChI is InChI=1S/C29H37N3O3/c1-23-11-9-12-24(19-23)20-30-16-10-15-26(30)21-32(29(2,3)4)27(33)22-31(17-18-35-5)28(34)25-13-7-6-8-14-25/h6-16,19H,17-18,20-22H2,1-5H3. The fraction of sp³-hybridized carbons (Fsp3) is 0.379. The first-order valence-electron chi connectivity index (χ1n) is 12.0. The van der Waals surface area contributed by atoms with E-state index in [0.717, 1.165) is 12.2 Å². The lowest BCUT2D eigenvalue weighted by Gasteiger charge is -2.37. The molecule has 0 unspecified atom stereocenters. The number of hydrogen-bond acceptors (Lipinski definition) is 3. The third-order valence-electron chi connectivity index (χ3n) is 5.99. The summed E-state index contributed by atoms with van der Waals surface area (Å²) in [6, 6.07) is 21.6. The van der Waals surface area contributed by atoms with Crippen molar-refractivity contribution in [3.63, 3.8) is 0 Å². The van der Waals surface area contributed by atoms with Crippen LogP contribution in [0.15, 0.2) is 72.9 Å². The average Bonchev–Trinajstić information content (AvgIpc) is 3.26. The first kappa shape index (κ1) is 26.2. The van der Waals surface area contributed by atoms with E-state index in [0.29, 0.717) is 25.3 Å². The van der Waals surface area contributed by atoms with Gasteiger partial charge < -0.3 is 19.1 Å². The molecule has 0 spiro atoms. The first-order chi connectivity index (χ1) is 16.7. The van der Waals surface area contributed by atoms with Crippen molar-refractivity contribution in [2.75, 3.05) is 26.8 Å². The van der Waals surface area contributed by atoms with E-state index in [1.165, 1.54) is 11.1 Å². The Morgan fingerprint density at radius 2 is 1.71 bits per heavy atom. The number of hydrogen-bond donors (Lipinski definition) is 0. The van der Waals surface area contributed by atoms with Crippen molar-refractivity contribution in [2.45, 2.75) is 46.3 Å². The minimum atomic E-state index is -0.418. The Bertz CT molecular complexity index is 1120. The molecule has 1 aromatic heterocycles. The van der Waals surface area contributed by atoms with Crippen LogP contribution in [0.25, 0.3) is 0 Å². The van der Waals surface area contributed by atoms with Crippen LogP contribution in [0.4, 0.5) is 0 Å². The lowest BCUT2D eigenvalue weighted by atomic mass is 10.0. The number of methoxy groups -OCH3 is 1. The number of carbonyl (C=O) groups is 2. The molecule has 35 heavy (non-hydrogen) atoms. The highest BCUT2D eigenvalue weighted by molar-refractivity contribution is 5.96. The van der Waals surface area contributed by atoms with E-state index in [9.17, 15) is 9.59 Å². The molecule has 0 N–H and O–H groups in total. The number of aryl methyl sites for hydroxylation is 1. The topological polar surface area (TPSA) is 54.8 Å². The SMILES string of the molecule is COCCN(CC(=O)N(Cc1cccn1Cc1cccc(C)c1)C(C)(C)C)C(=O)c1ccccc1. The van der Waals surface area contributed by atoms with Gasteiger partial charge in [0.05, 0.1) is 13.2 Å². The summed E-state index contributed by atoms with van der Waals surface area (Å²) in [5.74, 6) is -0.270. The Morgan fingerprint density at radius 3 is 2.37 bits per heavy atom. The lowest BCUT2D eigenvalue weighted by molar-refractivity contribution is -0.137. The molecule has 0 saturated carbocycles. The van der Waals surface area contributed by atoms with Crippen molar-refractivity contribution in [2.24, 2.45) is 0 Å². The summed E-state index contributed by atoms with van der Waals surface area (Å²) in [7, 11) is 1.59. The molecule has 0 fully saturated rings. The van der Waals surface area contributed by atoms with E-state index in [-0.39, 0.29) is 18.4 Å². The van der Waals surface area contributed by atoms with Gasteiger partial charge in [-0.25, -0.2) is 0 Å². The minimum absolute atomic E-state index is 0.00700. The van der Waals surface area contributed by atoms with Gasteiger partial charge in [-0.3, -0.25) is 9.59 Å². The summed E-state index contributed by atoms with van der Waals surface area (Å²) in [4.78, 5) is 30.2. The molecule has 3 aromatic rings. The molecule has 1 heterocycles. The zero-order valence-electron chi connectivity index (χ0n) is 21.5. The second kappa shape index (κ2) is 11.8. The maximum Gasteiger partial charge on any atom is 0.254 e. The van der Waals surface area contributed by atoms with Gasteiger partial charge in [0.1, 0.15) is 6.54 Å². The highest BCUT2D eigenvalue weighted by Crippen LogP contribution is 2.20. The van der Waals surface area contributed by atoms with E-state index in [4.69, 9.17) is 4.74 Å². The molecular formula is C29H37N3O3. The molecular weight excluding hydrogens is 438 g/mol. The van der Waals surface area contributed by atoms with E-state index in [1.807, 2.05) is 56.1 Å². The molecule has 6 nitrogen and oxygen atoms in total. The van der Waals surface area contributed by atoms with Crippen LogP contribution < -0.4 is 0 Å². The summed E-state index contributed by atoms with van der Waals surface area (Å²) < 4.78 is 7.39. The number of nitrogens with zero attached hydrogens (tertiary/aromatic N) is 3. The number of carbonyl (C=O) groups excluding carboxylic acids is 2. The summed E-state index contributed by atoms with van der Waals surface area (Å²) in [6.07, 6.45) is 2.05. The molecule has 3 rings (SSSR count). The number of amides is 2. The van der Waals surface area contributed by atoms with Gasteiger partial charge in [-0.2, -0.15) is 0 Å². The van der Waals surface area contributed by atoms with E-state index in [1.54, 1.807) is 24.1 Å². The smallest absolute Gasteiger partial charge is 0.254 e. The van der Waals surface area contributed by atoms with Crippen molar-refractivity contribution >= 4 is 11.8 Å². The van der Waals surface area contributed by atoms with Gasteiger partial charge in [-0.1, -0.05) is 48.0 Å². The van der Waals surface area contributed by atoms with Crippen molar-refractivity contribution in [3.05, 3.63) is 95.3 Å². The Morgan fingerprint density at radius 1 is 0.971 bits per heavy atom. The van der Waals surface area contributed by atoms with Crippen molar-refractivity contribution in [1.29, 1.82) is 0 Å². The molecule has 0 bridgehead atoms.